The van der Waals surface area contributed by atoms with Gasteiger partial charge in [-0.15, -0.1) is 24.8 Å². The molecule has 23 heavy (non-hydrogen) atoms. The van der Waals surface area contributed by atoms with Gasteiger partial charge in [0.25, 0.3) is 0 Å². The van der Waals surface area contributed by atoms with E-state index < -0.39 is 0 Å². The van der Waals surface area contributed by atoms with Gasteiger partial charge >= 0.3 is 0 Å². The average Bonchev–Trinajstić information content (AvgIpc) is 3.09. The molecule has 8 heteroatoms. The number of nitrogens with zero attached hydrogens (tertiary/aromatic N) is 1. The minimum absolute atomic E-state index is 0. The molecule has 1 aliphatic carbocycles. The number of imidazole rings is 1. The summed E-state index contributed by atoms with van der Waals surface area (Å²) in [5.41, 5.74) is 7.61. The van der Waals surface area contributed by atoms with Gasteiger partial charge in [0.05, 0.1) is 24.7 Å². The summed E-state index contributed by atoms with van der Waals surface area (Å²) in [7, 11) is 1.63. The molecule has 1 aromatic carbocycles. The maximum Gasteiger partial charge on any atom is 0.223 e. The topological polar surface area (TPSA) is 93.0 Å². The van der Waals surface area contributed by atoms with Crippen LogP contribution in [0.3, 0.4) is 0 Å². The van der Waals surface area contributed by atoms with Crippen molar-refractivity contribution in [1.29, 1.82) is 0 Å². The van der Waals surface area contributed by atoms with Crippen molar-refractivity contribution in [3.05, 3.63) is 24.0 Å². The molecular weight excluding hydrogens is 339 g/mol. The number of ether oxygens (including phenoxy) is 1. The van der Waals surface area contributed by atoms with Gasteiger partial charge in [-0.2, -0.15) is 0 Å². The highest BCUT2D eigenvalue weighted by Crippen LogP contribution is 2.24. The van der Waals surface area contributed by atoms with Crippen LogP contribution in [0.25, 0.3) is 11.0 Å². The number of hydrogen-bond donors (Lipinski definition) is 3. The number of H-pyrrole nitrogens is 1. The number of rotatable bonds is 4. The van der Waals surface area contributed by atoms with Crippen molar-refractivity contribution >= 4 is 41.8 Å². The first-order valence-electron chi connectivity index (χ1n) is 7.21. The van der Waals surface area contributed by atoms with Crippen LogP contribution in [0.15, 0.2) is 18.2 Å². The number of nitrogens with one attached hydrogen (secondary N) is 2. The molecule has 1 amide bonds. The van der Waals surface area contributed by atoms with E-state index >= 15 is 0 Å². The van der Waals surface area contributed by atoms with E-state index in [1.807, 2.05) is 18.2 Å². The van der Waals surface area contributed by atoms with Gasteiger partial charge in [0.1, 0.15) is 11.6 Å². The molecule has 0 bridgehead atoms. The average molecular weight is 361 g/mol. The number of hydrogen-bond acceptors (Lipinski definition) is 4. The van der Waals surface area contributed by atoms with Gasteiger partial charge in [0.15, 0.2) is 0 Å². The van der Waals surface area contributed by atoms with Gasteiger partial charge in [-0.1, -0.05) is 0 Å². The zero-order valence-corrected chi connectivity index (χ0v) is 14.5. The van der Waals surface area contributed by atoms with E-state index in [-0.39, 0.29) is 42.7 Å². The number of methoxy groups -OCH3 is 1. The maximum atomic E-state index is 12.1. The Morgan fingerprint density at radius 1 is 1.43 bits per heavy atom. The van der Waals surface area contributed by atoms with Crippen molar-refractivity contribution in [2.45, 2.75) is 31.8 Å². The van der Waals surface area contributed by atoms with Crippen molar-refractivity contribution in [2.75, 3.05) is 7.11 Å². The first-order chi connectivity index (χ1) is 10.2. The largest absolute Gasteiger partial charge is 0.497 e. The minimum atomic E-state index is 0. The van der Waals surface area contributed by atoms with E-state index in [4.69, 9.17) is 10.5 Å². The van der Waals surface area contributed by atoms with Crippen molar-refractivity contribution in [2.24, 2.45) is 11.7 Å². The molecule has 1 aromatic heterocycles. The van der Waals surface area contributed by atoms with Crippen LogP contribution in [-0.4, -0.2) is 29.0 Å². The fraction of sp³-hybridized carbons (Fsp3) is 0.467. The minimum Gasteiger partial charge on any atom is -0.497 e. The second-order valence-corrected chi connectivity index (χ2v) is 5.55. The molecule has 6 nitrogen and oxygen atoms in total. The molecule has 3 rings (SSSR count). The number of nitrogens with two attached hydrogens (primary N) is 1. The Labute approximate surface area is 147 Å². The van der Waals surface area contributed by atoms with Crippen molar-refractivity contribution in [3.8, 4) is 5.75 Å². The van der Waals surface area contributed by atoms with Gasteiger partial charge in [-0.05, 0) is 31.4 Å². The molecular formula is C15H22Cl2N4O2. The number of amides is 1. The molecule has 4 N–H and O–H groups in total. The van der Waals surface area contributed by atoms with Crippen LogP contribution >= 0.6 is 24.8 Å². The lowest BCUT2D eigenvalue weighted by Crippen LogP contribution is -2.30. The van der Waals surface area contributed by atoms with Gasteiger partial charge in [-0.25, -0.2) is 4.98 Å². The Hall–Kier alpha value is -1.50. The Kier molecular flexibility index (Phi) is 7.12. The Morgan fingerprint density at radius 3 is 2.87 bits per heavy atom. The number of aromatic amines is 1. The quantitative estimate of drug-likeness (QED) is 0.778. The first-order valence-corrected chi connectivity index (χ1v) is 7.21. The monoisotopic (exact) mass is 360 g/mol. The molecule has 0 aliphatic heterocycles. The predicted molar refractivity (Wildman–Crippen MR) is 94.3 cm³/mol. The van der Waals surface area contributed by atoms with Crippen LogP contribution in [0.2, 0.25) is 0 Å². The molecule has 2 aromatic rings. The zero-order valence-electron chi connectivity index (χ0n) is 12.9. The summed E-state index contributed by atoms with van der Waals surface area (Å²) in [6.07, 6.45) is 2.59. The molecule has 1 aliphatic rings. The Morgan fingerprint density at radius 2 is 2.22 bits per heavy atom. The highest BCUT2D eigenvalue weighted by molar-refractivity contribution is 5.85. The van der Waals surface area contributed by atoms with E-state index in [0.29, 0.717) is 6.54 Å². The second kappa shape index (κ2) is 8.38. The molecule has 0 radical (unpaired) electrons. The van der Waals surface area contributed by atoms with Crippen LogP contribution in [0.1, 0.15) is 25.1 Å². The van der Waals surface area contributed by atoms with Crippen molar-refractivity contribution < 1.29 is 9.53 Å². The maximum absolute atomic E-state index is 12.1. The number of halogens is 2. The summed E-state index contributed by atoms with van der Waals surface area (Å²) in [5.74, 6) is 1.64. The van der Waals surface area contributed by atoms with E-state index in [9.17, 15) is 4.79 Å². The lowest BCUT2D eigenvalue weighted by molar-refractivity contribution is -0.125. The van der Waals surface area contributed by atoms with Gasteiger partial charge in [0.2, 0.25) is 5.91 Å². The third kappa shape index (κ3) is 4.50. The summed E-state index contributed by atoms with van der Waals surface area (Å²) < 4.78 is 5.18. The molecule has 128 valence electrons. The van der Waals surface area contributed by atoms with Crippen molar-refractivity contribution in [1.82, 2.24) is 15.3 Å². The van der Waals surface area contributed by atoms with Crippen LogP contribution in [-0.2, 0) is 11.3 Å². The highest BCUT2D eigenvalue weighted by Gasteiger charge is 2.27. The van der Waals surface area contributed by atoms with E-state index in [1.165, 1.54) is 0 Å². The van der Waals surface area contributed by atoms with Crippen LogP contribution < -0.4 is 15.8 Å². The Balaban J connectivity index is 0.00000132. The number of fused-ring (bicyclic) bond motifs is 1. The number of carbonyl (C=O) groups excluding carboxylic acids is 1. The number of benzene rings is 1. The SMILES string of the molecule is COc1ccc2nc(CNC(=O)[C@H]3CC[C@@H](N)C3)[nH]c2c1.Cl.Cl. The normalized spacial score (nSPS) is 19.7. The molecule has 1 heterocycles. The van der Waals surface area contributed by atoms with E-state index in [0.717, 1.165) is 41.9 Å². The third-order valence-corrected chi connectivity index (χ3v) is 4.01. The summed E-state index contributed by atoms with van der Waals surface area (Å²) in [4.78, 5) is 19.7. The summed E-state index contributed by atoms with van der Waals surface area (Å²) in [6, 6.07) is 5.82. The fourth-order valence-electron chi connectivity index (χ4n) is 2.82. The van der Waals surface area contributed by atoms with Crippen LogP contribution in [0, 0.1) is 5.92 Å². The Bertz CT molecular complexity index is 662. The lowest BCUT2D eigenvalue weighted by atomic mass is 10.1. The second-order valence-electron chi connectivity index (χ2n) is 5.55. The third-order valence-electron chi connectivity index (χ3n) is 4.01. The lowest BCUT2D eigenvalue weighted by Gasteiger charge is -2.09. The summed E-state index contributed by atoms with van der Waals surface area (Å²) >= 11 is 0. The number of aromatic nitrogens is 2. The van der Waals surface area contributed by atoms with Gasteiger partial charge < -0.3 is 20.8 Å². The van der Waals surface area contributed by atoms with Gasteiger partial charge in [-0.3, -0.25) is 4.79 Å². The molecule has 1 fully saturated rings. The van der Waals surface area contributed by atoms with E-state index in [1.54, 1.807) is 7.11 Å². The van der Waals surface area contributed by atoms with Gasteiger partial charge in [0, 0.05) is 18.0 Å². The molecule has 2 atom stereocenters. The molecule has 1 saturated carbocycles. The highest BCUT2D eigenvalue weighted by atomic mass is 35.5. The molecule has 0 spiro atoms. The van der Waals surface area contributed by atoms with Crippen molar-refractivity contribution in [3.63, 3.8) is 0 Å². The first kappa shape index (κ1) is 19.5. The predicted octanol–water partition coefficient (Wildman–Crippen LogP) is 2.16. The molecule has 0 saturated heterocycles. The van der Waals surface area contributed by atoms with E-state index in [2.05, 4.69) is 15.3 Å². The number of carbonyl (C=O) groups is 1. The molecule has 0 unspecified atom stereocenters. The fourth-order valence-corrected chi connectivity index (χ4v) is 2.82. The smallest absolute Gasteiger partial charge is 0.223 e. The summed E-state index contributed by atoms with van der Waals surface area (Å²) in [5, 5.41) is 2.93. The summed E-state index contributed by atoms with van der Waals surface area (Å²) in [6.45, 7) is 0.404. The van der Waals surface area contributed by atoms with Crippen LogP contribution in [0.5, 0.6) is 5.75 Å². The van der Waals surface area contributed by atoms with Crippen LogP contribution in [0.4, 0.5) is 0 Å². The zero-order chi connectivity index (χ0) is 14.8. The standard InChI is InChI=1S/C15H20N4O2.2ClH/c1-21-11-4-5-12-13(7-11)19-14(18-12)8-17-15(20)9-2-3-10(16)6-9;;/h4-5,7,9-10H,2-3,6,8,16H2,1H3,(H,17,20)(H,18,19);2*1H/t9-,10+;;/m0../s1.